The molecule has 25 heavy (non-hydrogen) atoms. The maximum Gasteiger partial charge on any atom is 0.213 e. The molecule has 134 valence electrons. The summed E-state index contributed by atoms with van der Waals surface area (Å²) in [5, 5.41) is 4.26. The quantitative estimate of drug-likeness (QED) is 0.834. The Hall–Kier alpha value is -1.92. The van der Waals surface area contributed by atoms with E-state index in [4.69, 9.17) is 9.47 Å². The molecule has 1 atom stereocenters. The Morgan fingerprint density at radius 2 is 2.20 bits per heavy atom. The Morgan fingerprint density at radius 1 is 1.32 bits per heavy atom. The van der Waals surface area contributed by atoms with Gasteiger partial charge in [-0.15, -0.1) is 0 Å². The van der Waals surface area contributed by atoms with E-state index in [-0.39, 0.29) is 6.10 Å². The summed E-state index contributed by atoms with van der Waals surface area (Å²) in [5.74, 6) is 0.679. The van der Waals surface area contributed by atoms with E-state index in [1.165, 1.54) is 18.4 Å². The summed E-state index contributed by atoms with van der Waals surface area (Å²) < 4.78 is 13.7. The first-order valence-corrected chi connectivity index (χ1v) is 9.06. The van der Waals surface area contributed by atoms with Crippen molar-refractivity contribution in [2.24, 2.45) is 12.5 Å². The van der Waals surface area contributed by atoms with Gasteiger partial charge in [0.15, 0.2) is 0 Å². The van der Waals surface area contributed by atoms with Crippen LogP contribution in [-0.2, 0) is 18.3 Å². The number of aromatic nitrogens is 3. The highest BCUT2D eigenvalue weighted by Gasteiger charge is 2.42. The van der Waals surface area contributed by atoms with Crippen LogP contribution in [0.2, 0.25) is 0 Å². The minimum atomic E-state index is 0.187. The number of pyridine rings is 1. The third-order valence-corrected chi connectivity index (χ3v) is 5.42. The standard InChI is InChI=1S/C19H26N4O2/c1-22-12-16(11-21-22)13-23-8-5-19(6-9-23)10-17(25-15-19)14-24-18-4-2-3-7-20-18/h2-4,7,11-12,17H,5-6,8-10,13-15H2,1H3/t17-/m1/s1. The topological polar surface area (TPSA) is 52.4 Å². The molecule has 0 unspecified atom stereocenters. The maximum absolute atomic E-state index is 6.04. The van der Waals surface area contributed by atoms with Gasteiger partial charge in [-0.1, -0.05) is 6.07 Å². The average molecular weight is 342 g/mol. The fraction of sp³-hybridized carbons (Fsp3) is 0.579. The highest BCUT2D eigenvalue weighted by atomic mass is 16.5. The third kappa shape index (κ3) is 4.02. The summed E-state index contributed by atoms with van der Waals surface area (Å²) in [5.41, 5.74) is 1.63. The molecule has 0 aromatic carbocycles. The summed E-state index contributed by atoms with van der Waals surface area (Å²) in [6.07, 6.45) is 9.51. The van der Waals surface area contributed by atoms with E-state index in [0.29, 0.717) is 17.9 Å². The molecule has 0 radical (unpaired) electrons. The molecular formula is C19H26N4O2. The fourth-order valence-electron chi connectivity index (χ4n) is 3.96. The van der Waals surface area contributed by atoms with Crippen LogP contribution >= 0.6 is 0 Å². The maximum atomic E-state index is 6.04. The van der Waals surface area contributed by atoms with E-state index in [9.17, 15) is 0 Å². The molecule has 0 saturated carbocycles. The number of hydrogen-bond donors (Lipinski definition) is 0. The van der Waals surface area contributed by atoms with Crippen molar-refractivity contribution < 1.29 is 9.47 Å². The first kappa shape index (κ1) is 16.5. The first-order chi connectivity index (χ1) is 12.2. The van der Waals surface area contributed by atoms with Crippen LogP contribution in [0.4, 0.5) is 0 Å². The van der Waals surface area contributed by atoms with Gasteiger partial charge in [0, 0.05) is 37.6 Å². The van der Waals surface area contributed by atoms with Crippen molar-refractivity contribution in [1.29, 1.82) is 0 Å². The van der Waals surface area contributed by atoms with Crippen molar-refractivity contribution in [3.05, 3.63) is 42.4 Å². The van der Waals surface area contributed by atoms with Crippen LogP contribution in [0.25, 0.3) is 0 Å². The Kier molecular flexibility index (Phi) is 4.72. The van der Waals surface area contributed by atoms with E-state index < -0.39 is 0 Å². The average Bonchev–Trinajstić information content (AvgIpc) is 3.23. The SMILES string of the molecule is Cn1cc(CN2CCC3(CC2)CO[C@@H](COc2ccccn2)C3)cn1. The number of ether oxygens (including phenoxy) is 2. The van der Waals surface area contributed by atoms with Crippen LogP contribution < -0.4 is 4.74 Å². The minimum Gasteiger partial charge on any atom is -0.475 e. The molecule has 4 rings (SSSR count). The van der Waals surface area contributed by atoms with Crippen LogP contribution in [0.5, 0.6) is 5.88 Å². The fourth-order valence-corrected chi connectivity index (χ4v) is 3.96. The zero-order valence-corrected chi connectivity index (χ0v) is 14.8. The number of rotatable bonds is 5. The molecule has 2 fully saturated rings. The number of nitrogens with zero attached hydrogens (tertiary/aromatic N) is 4. The predicted molar refractivity (Wildman–Crippen MR) is 94.2 cm³/mol. The summed E-state index contributed by atoms with van der Waals surface area (Å²) in [7, 11) is 1.97. The molecule has 2 aromatic rings. The monoisotopic (exact) mass is 342 g/mol. The Bertz CT molecular complexity index is 680. The molecule has 4 heterocycles. The lowest BCUT2D eigenvalue weighted by molar-refractivity contribution is 0.0462. The van der Waals surface area contributed by atoms with Crippen LogP contribution in [-0.4, -0.2) is 52.1 Å². The van der Waals surface area contributed by atoms with Crippen LogP contribution in [0.3, 0.4) is 0 Å². The van der Waals surface area contributed by atoms with Gasteiger partial charge in [0.25, 0.3) is 0 Å². The van der Waals surface area contributed by atoms with Gasteiger partial charge in [0.2, 0.25) is 5.88 Å². The largest absolute Gasteiger partial charge is 0.475 e. The first-order valence-electron chi connectivity index (χ1n) is 9.06. The molecule has 1 spiro atoms. The second-order valence-electron chi connectivity index (χ2n) is 7.41. The van der Waals surface area contributed by atoms with Crippen LogP contribution in [0.1, 0.15) is 24.8 Å². The Balaban J connectivity index is 1.24. The van der Waals surface area contributed by atoms with Crippen molar-refractivity contribution in [2.45, 2.75) is 31.9 Å². The van der Waals surface area contributed by atoms with Crippen molar-refractivity contribution in [3.8, 4) is 5.88 Å². The van der Waals surface area contributed by atoms with Crippen molar-refractivity contribution in [1.82, 2.24) is 19.7 Å². The lowest BCUT2D eigenvalue weighted by Gasteiger charge is -2.38. The molecule has 2 aliphatic rings. The highest BCUT2D eigenvalue weighted by Crippen LogP contribution is 2.42. The summed E-state index contributed by atoms with van der Waals surface area (Å²) in [6, 6.07) is 5.73. The molecule has 6 nitrogen and oxygen atoms in total. The second-order valence-corrected chi connectivity index (χ2v) is 7.41. The van der Waals surface area contributed by atoms with E-state index in [0.717, 1.165) is 32.7 Å². The van der Waals surface area contributed by atoms with E-state index in [2.05, 4.69) is 21.2 Å². The number of hydrogen-bond acceptors (Lipinski definition) is 5. The smallest absolute Gasteiger partial charge is 0.213 e. The van der Waals surface area contributed by atoms with Crippen LogP contribution in [0.15, 0.2) is 36.8 Å². The highest BCUT2D eigenvalue weighted by molar-refractivity contribution is 5.09. The van der Waals surface area contributed by atoms with E-state index in [1.54, 1.807) is 6.20 Å². The zero-order chi connectivity index (χ0) is 17.1. The van der Waals surface area contributed by atoms with Gasteiger partial charge >= 0.3 is 0 Å². The molecule has 0 amide bonds. The van der Waals surface area contributed by atoms with E-state index in [1.807, 2.05) is 36.1 Å². The normalized spacial score (nSPS) is 23.2. The molecule has 0 bridgehead atoms. The molecule has 2 aliphatic heterocycles. The summed E-state index contributed by atoms with van der Waals surface area (Å²) in [4.78, 5) is 6.73. The van der Waals surface area contributed by atoms with Gasteiger partial charge in [-0.05, 0) is 43.8 Å². The second kappa shape index (κ2) is 7.14. The number of aryl methyl sites for hydroxylation is 1. The molecule has 6 heteroatoms. The van der Waals surface area contributed by atoms with Crippen molar-refractivity contribution >= 4 is 0 Å². The van der Waals surface area contributed by atoms with Gasteiger partial charge < -0.3 is 9.47 Å². The van der Waals surface area contributed by atoms with Crippen LogP contribution in [0, 0.1) is 5.41 Å². The van der Waals surface area contributed by atoms with E-state index >= 15 is 0 Å². The number of likely N-dealkylation sites (tertiary alicyclic amines) is 1. The lowest BCUT2D eigenvalue weighted by atomic mass is 9.76. The van der Waals surface area contributed by atoms with Crippen molar-refractivity contribution in [3.63, 3.8) is 0 Å². The molecule has 2 saturated heterocycles. The summed E-state index contributed by atoms with van der Waals surface area (Å²) in [6.45, 7) is 4.72. The minimum absolute atomic E-state index is 0.187. The Morgan fingerprint density at radius 3 is 2.92 bits per heavy atom. The van der Waals surface area contributed by atoms with Gasteiger partial charge in [0.05, 0.1) is 18.9 Å². The Labute approximate surface area is 148 Å². The predicted octanol–water partition coefficient (Wildman–Crippen LogP) is 2.27. The molecular weight excluding hydrogens is 316 g/mol. The van der Waals surface area contributed by atoms with Gasteiger partial charge in [0.1, 0.15) is 6.61 Å². The zero-order valence-electron chi connectivity index (χ0n) is 14.8. The molecule has 0 N–H and O–H groups in total. The van der Waals surface area contributed by atoms with Crippen molar-refractivity contribution in [2.75, 3.05) is 26.3 Å². The lowest BCUT2D eigenvalue weighted by Crippen LogP contribution is -2.40. The third-order valence-electron chi connectivity index (χ3n) is 5.42. The number of piperidine rings is 1. The molecule has 2 aromatic heterocycles. The van der Waals surface area contributed by atoms with Gasteiger partial charge in [-0.3, -0.25) is 9.58 Å². The van der Waals surface area contributed by atoms with Gasteiger partial charge in [-0.2, -0.15) is 5.10 Å². The molecule has 0 aliphatic carbocycles. The summed E-state index contributed by atoms with van der Waals surface area (Å²) >= 11 is 0. The van der Waals surface area contributed by atoms with Gasteiger partial charge in [-0.25, -0.2) is 4.98 Å².